The van der Waals surface area contributed by atoms with Gasteiger partial charge in [0, 0.05) is 23.1 Å². The summed E-state index contributed by atoms with van der Waals surface area (Å²) in [5.74, 6) is -0.386. The first kappa shape index (κ1) is 25.2. The van der Waals surface area contributed by atoms with Crippen molar-refractivity contribution in [3.63, 3.8) is 0 Å². The molecule has 38 heavy (non-hydrogen) atoms. The van der Waals surface area contributed by atoms with Crippen LogP contribution in [0.25, 0.3) is 22.9 Å². The van der Waals surface area contributed by atoms with Crippen molar-refractivity contribution in [2.75, 3.05) is 11.5 Å². The molecule has 1 aliphatic heterocycles. The summed E-state index contributed by atoms with van der Waals surface area (Å²) in [6.07, 6.45) is 1.63. The molecule has 3 aromatic carbocycles. The molecule has 1 fully saturated rings. The number of nitrogens with one attached hydrogen (secondary N) is 1. The maximum absolute atomic E-state index is 13.5. The molecule has 0 atom stereocenters. The molecule has 2 heterocycles. The van der Waals surface area contributed by atoms with Gasteiger partial charge in [-0.25, -0.2) is 0 Å². The number of amides is 2. The van der Waals surface area contributed by atoms with E-state index in [2.05, 4.69) is 46.3 Å². The molecule has 0 bridgehead atoms. The molecule has 0 aliphatic carbocycles. The Morgan fingerprint density at radius 2 is 1.58 bits per heavy atom. The fraction of sp³-hybridized carbons (Fsp3) is 0.129. The summed E-state index contributed by atoms with van der Waals surface area (Å²) < 4.78 is 7.68. The van der Waals surface area contributed by atoms with Gasteiger partial charge in [0.15, 0.2) is 5.11 Å². The van der Waals surface area contributed by atoms with Gasteiger partial charge < -0.3 is 9.30 Å². The zero-order valence-corrected chi connectivity index (χ0v) is 22.2. The molecule has 5 rings (SSSR count). The van der Waals surface area contributed by atoms with Crippen molar-refractivity contribution in [2.45, 2.75) is 20.8 Å². The summed E-state index contributed by atoms with van der Waals surface area (Å²) in [4.78, 5) is 27.7. The highest BCUT2D eigenvalue weighted by molar-refractivity contribution is 7.80. The number of carbonyl (C=O) groups excluding carboxylic acids is 2. The van der Waals surface area contributed by atoms with Gasteiger partial charge in [0.1, 0.15) is 11.3 Å². The van der Waals surface area contributed by atoms with Crippen molar-refractivity contribution in [1.82, 2.24) is 9.88 Å². The van der Waals surface area contributed by atoms with Gasteiger partial charge in [-0.1, -0.05) is 48.5 Å². The molecule has 6 nitrogen and oxygen atoms in total. The van der Waals surface area contributed by atoms with Crippen LogP contribution in [0.15, 0.2) is 90.5 Å². The minimum Gasteiger partial charge on any atom is -0.494 e. The Hall–Kier alpha value is -4.49. The normalized spacial score (nSPS) is 14.7. The van der Waals surface area contributed by atoms with E-state index in [1.165, 1.54) is 4.90 Å². The molecule has 0 saturated carbocycles. The third-order valence-corrected chi connectivity index (χ3v) is 6.78. The zero-order chi connectivity index (χ0) is 26.8. The number of benzene rings is 3. The molecule has 7 heteroatoms. The maximum Gasteiger partial charge on any atom is 0.270 e. The van der Waals surface area contributed by atoms with Gasteiger partial charge in [-0.05, 0) is 86.1 Å². The van der Waals surface area contributed by atoms with Crippen LogP contribution in [0, 0.1) is 13.8 Å². The molecule has 1 saturated heterocycles. The van der Waals surface area contributed by atoms with Gasteiger partial charge in [0.2, 0.25) is 0 Å². The van der Waals surface area contributed by atoms with Crippen LogP contribution in [0.5, 0.6) is 5.75 Å². The molecule has 0 radical (unpaired) electrons. The van der Waals surface area contributed by atoms with Crippen molar-refractivity contribution < 1.29 is 14.3 Å². The number of rotatable bonds is 6. The summed E-state index contributed by atoms with van der Waals surface area (Å²) in [5, 5.41) is 2.69. The Balaban J connectivity index is 1.48. The van der Waals surface area contributed by atoms with E-state index in [-0.39, 0.29) is 10.7 Å². The van der Waals surface area contributed by atoms with Crippen molar-refractivity contribution in [1.29, 1.82) is 0 Å². The van der Waals surface area contributed by atoms with Gasteiger partial charge >= 0.3 is 0 Å². The lowest BCUT2D eigenvalue weighted by Crippen LogP contribution is -2.54. The van der Waals surface area contributed by atoms with E-state index in [1.807, 2.05) is 45.0 Å². The highest BCUT2D eigenvalue weighted by atomic mass is 32.1. The maximum atomic E-state index is 13.5. The SMILES string of the molecule is CCOc1cccc(N2C(=O)C(=Cc3cc(C)n(-c4ccc(-c5ccccc5)cc4)c3C)C(=O)NC2=S)c1. The first-order valence-electron chi connectivity index (χ1n) is 12.4. The Labute approximate surface area is 227 Å². The Morgan fingerprint density at radius 3 is 2.29 bits per heavy atom. The lowest BCUT2D eigenvalue weighted by atomic mass is 10.1. The van der Waals surface area contributed by atoms with Gasteiger partial charge in [0.25, 0.3) is 11.8 Å². The monoisotopic (exact) mass is 521 g/mol. The van der Waals surface area contributed by atoms with E-state index >= 15 is 0 Å². The van der Waals surface area contributed by atoms with Crippen LogP contribution in [-0.4, -0.2) is 28.1 Å². The predicted molar refractivity (Wildman–Crippen MR) is 154 cm³/mol. The fourth-order valence-electron chi connectivity index (χ4n) is 4.69. The zero-order valence-electron chi connectivity index (χ0n) is 21.4. The first-order chi connectivity index (χ1) is 18.4. The topological polar surface area (TPSA) is 63.6 Å². The van der Waals surface area contributed by atoms with Gasteiger partial charge in [-0.2, -0.15) is 0 Å². The Morgan fingerprint density at radius 1 is 0.868 bits per heavy atom. The van der Waals surface area contributed by atoms with Gasteiger partial charge in [-0.15, -0.1) is 0 Å². The first-order valence-corrected chi connectivity index (χ1v) is 12.8. The standard InChI is InChI=1S/C31H27N3O3S/c1-4-37-27-12-8-11-26(19-27)34-30(36)28(29(35)32-31(34)38)18-24-17-20(2)33(21(24)3)25-15-13-23(14-16-25)22-9-6-5-7-10-22/h5-19H,4H2,1-3H3,(H,32,35,38). The molecule has 2 amide bonds. The number of carbonyl (C=O) groups is 2. The Kier molecular flexibility index (Phi) is 6.94. The second-order valence-electron chi connectivity index (χ2n) is 8.96. The van der Waals surface area contributed by atoms with Crippen molar-refractivity contribution >= 4 is 40.9 Å². The van der Waals surface area contributed by atoms with Crippen LogP contribution in [0.1, 0.15) is 23.9 Å². The molecule has 0 spiro atoms. The van der Waals surface area contributed by atoms with Crippen molar-refractivity contribution in [3.05, 3.63) is 107 Å². The molecule has 1 aliphatic rings. The highest BCUT2D eigenvalue weighted by Gasteiger charge is 2.35. The Bertz CT molecular complexity index is 1570. The number of thiocarbonyl (C=S) groups is 1. The van der Waals surface area contributed by atoms with E-state index < -0.39 is 11.8 Å². The van der Waals surface area contributed by atoms with Crippen LogP contribution in [0.2, 0.25) is 0 Å². The van der Waals surface area contributed by atoms with Crippen LogP contribution in [0.4, 0.5) is 5.69 Å². The summed E-state index contributed by atoms with van der Waals surface area (Å²) in [5.41, 5.74) is 6.52. The number of aromatic nitrogens is 1. The molecule has 0 unspecified atom stereocenters. The van der Waals surface area contributed by atoms with E-state index in [1.54, 1.807) is 30.3 Å². The summed E-state index contributed by atoms with van der Waals surface area (Å²) in [6, 6.07) is 27.6. The molecule has 1 N–H and O–H groups in total. The summed E-state index contributed by atoms with van der Waals surface area (Å²) >= 11 is 5.35. The van der Waals surface area contributed by atoms with Crippen molar-refractivity contribution in [3.8, 4) is 22.6 Å². The molecule has 1 aromatic heterocycles. The van der Waals surface area contributed by atoms with Crippen molar-refractivity contribution in [2.24, 2.45) is 0 Å². The average molecular weight is 522 g/mol. The summed E-state index contributed by atoms with van der Waals surface area (Å²) in [6.45, 7) is 6.36. The number of anilines is 1. The molecule has 4 aromatic rings. The van der Waals surface area contributed by atoms with Crippen LogP contribution >= 0.6 is 12.2 Å². The van der Waals surface area contributed by atoms with E-state index in [9.17, 15) is 9.59 Å². The minimum atomic E-state index is -0.519. The molecular weight excluding hydrogens is 494 g/mol. The third-order valence-electron chi connectivity index (χ3n) is 6.49. The fourth-order valence-corrected chi connectivity index (χ4v) is 4.97. The largest absolute Gasteiger partial charge is 0.494 e. The lowest BCUT2D eigenvalue weighted by Gasteiger charge is -2.29. The molecule has 190 valence electrons. The summed E-state index contributed by atoms with van der Waals surface area (Å²) in [7, 11) is 0. The third kappa shape index (κ3) is 4.76. The quantitative estimate of drug-likeness (QED) is 0.192. The van der Waals surface area contributed by atoms with Crippen LogP contribution in [-0.2, 0) is 9.59 Å². The van der Waals surface area contributed by atoms with Crippen LogP contribution < -0.4 is 15.0 Å². The number of hydrogen-bond donors (Lipinski definition) is 1. The average Bonchev–Trinajstić information content (AvgIpc) is 3.20. The number of hydrogen-bond acceptors (Lipinski definition) is 4. The predicted octanol–water partition coefficient (Wildman–Crippen LogP) is 5.99. The van der Waals surface area contributed by atoms with E-state index in [4.69, 9.17) is 17.0 Å². The lowest BCUT2D eigenvalue weighted by molar-refractivity contribution is -0.122. The number of nitrogens with zero attached hydrogens (tertiary/aromatic N) is 2. The van der Waals surface area contributed by atoms with E-state index in [0.717, 1.165) is 33.8 Å². The smallest absolute Gasteiger partial charge is 0.270 e. The van der Waals surface area contributed by atoms with Crippen LogP contribution in [0.3, 0.4) is 0 Å². The van der Waals surface area contributed by atoms with Gasteiger partial charge in [-0.3, -0.25) is 19.8 Å². The number of ether oxygens (including phenoxy) is 1. The second-order valence-corrected chi connectivity index (χ2v) is 9.35. The van der Waals surface area contributed by atoms with Gasteiger partial charge in [0.05, 0.1) is 12.3 Å². The highest BCUT2D eigenvalue weighted by Crippen LogP contribution is 2.29. The second kappa shape index (κ2) is 10.5. The van der Waals surface area contributed by atoms with E-state index in [0.29, 0.717) is 18.0 Å². The minimum absolute atomic E-state index is 0.0140. The molecular formula is C31H27N3O3S. The number of aryl methyl sites for hydroxylation is 1.